The summed E-state index contributed by atoms with van der Waals surface area (Å²) in [6.07, 6.45) is 3.86. The fourth-order valence-corrected chi connectivity index (χ4v) is 4.58. The van der Waals surface area contributed by atoms with Gasteiger partial charge in [0.2, 0.25) is 5.82 Å². The predicted molar refractivity (Wildman–Crippen MR) is 99.7 cm³/mol. The zero-order valence-electron chi connectivity index (χ0n) is 13.2. The van der Waals surface area contributed by atoms with Crippen molar-refractivity contribution in [1.29, 1.82) is 0 Å². The first-order chi connectivity index (χ1) is 12.4. The van der Waals surface area contributed by atoms with Gasteiger partial charge >= 0.3 is 0 Å². The highest BCUT2D eigenvalue weighted by Crippen LogP contribution is 2.36. The molecule has 0 spiro atoms. The largest absolute Gasteiger partial charge is 0.232 e. The Bertz CT molecular complexity index is 1090. The lowest BCUT2D eigenvalue weighted by Crippen LogP contribution is -2.08. The van der Waals surface area contributed by atoms with Gasteiger partial charge in [-0.3, -0.25) is 0 Å². The second kappa shape index (κ2) is 6.06. The molecule has 1 aromatic carbocycles. The Hall–Kier alpha value is -2.56. The molecule has 0 saturated heterocycles. The number of benzene rings is 1. The molecule has 0 radical (unpaired) electrons. The van der Waals surface area contributed by atoms with Crippen LogP contribution in [0.3, 0.4) is 0 Å². The van der Waals surface area contributed by atoms with E-state index in [0.29, 0.717) is 11.7 Å². The van der Waals surface area contributed by atoms with Crippen molar-refractivity contribution >= 4 is 32.8 Å². The number of nitrogens with one attached hydrogen (secondary N) is 1. The van der Waals surface area contributed by atoms with E-state index in [9.17, 15) is 0 Å². The number of aromatic nitrogens is 5. The first-order valence-corrected chi connectivity index (χ1v) is 9.85. The van der Waals surface area contributed by atoms with E-state index in [0.717, 1.165) is 21.5 Å². The van der Waals surface area contributed by atoms with Gasteiger partial charge in [-0.15, -0.1) is 32.9 Å². The molecule has 0 atom stereocenters. The average molecular weight is 363 g/mol. The Morgan fingerprint density at radius 1 is 1.12 bits per heavy atom. The second-order valence-electron chi connectivity index (χ2n) is 6.05. The van der Waals surface area contributed by atoms with Gasteiger partial charge in [0, 0.05) is 37.9 Å². The van der Waals surface area contributed by atoms with Crippen LogP contribution in [0.2, 0.25) is 0 Å². The van der Waals surface area contributed by atoms with Gasteiger partial charge in [-0.25, -0.2) is 4.98 Å². The van der Waals surface area contributed by atoms with Crippen LogP contribution in [-0.4, -0.2) is 25.6 Å². The van der Waals surface area contributed by atoms with Crippen LogP contribution in [0, 0.1) is 11.8 Å². The summed E-state index contributed by atoms with van der Waals surface area (Å²) in [5.74, 6) is 7.72. The lowest BCUT2D eigenvalue weighted by molar-refractivity contribution is 0.412. The Labute approximate surface area is 152 Å². The van der Waals surface area contributed by atoms with Crippen LogP contribution in [0.15, 0.2) is 29.0 Å². The number of thiazole rings is 1. The van der Waals surface area contributed by atoms with Crippen LogP contribution in [0.1, 0.15) is 41.4 Å². The summed E-state index contributed by atoms with van der Waals surface area (Å²) >= 11 is 3.31. The van der Waals surface area contributed by atoms with Crippen molar-refractivity contribution in [2.45, 2.75) is 25.2 Å². The van der Waals surface area contributed by atoms with Crippen molar-refractivity contribution in [3.63, 3.8) is 0 Å². The zero-order valence-corrected chi connectivity index (χ0v) is 14.8. The van der Waals surface area contributed by atoms with E-state index in [1.54, 1.807) is 22.7 Å². The highest BCUT2D eigenvalue weighted by atomic mass is 32.1. The molecule has 1 fully saturated rings. The minimum Gasteiger partial charge on any atom is -0.232 e. The summed E-state index contributed by atoms with van der Waals surface area (Å²) in [6, 6.07) is 6.23. The van der Waals surface area contributed by atoms with E-state index in [-0.39, 0.29) is 0 Å². The van der Waals surface area contributed by atoms with Crippen molar-refractivity contribution < 1.29 is 0 Å². The van der Waals surface area contributed by atoms with Gasteiger partial charge in [0.25, 0.3) is 0 Å². The molecule has 5 rings (SSSR count). The molecule has 4 aromatic rings. The summed E-state index contributed by atoms with van der Waals surface area (Å²) in [5.41, 5.74) is 3.17. The maximum Gasteiger partial charge on any atom is 0.206 e. The fraction of sp³-hybridized carbons (Fsp3) is 0.222. The number of hydrogen-bond acceptors (Lipinski definition) is 6. The van der Waals surface area contributed by atoms with Gasteiger partial charge in [-0.1, -0.05) is 12.3 Å². The highest BCUT2D eigenvalue weighted by Gasteiger charge is 2.21. The van der Waals surface area contributed by atoms with Gasteiger partial charge in [0.15, 0.2) is 5.01 Å². The van der Waals surface area contributed by atoms with Gasteiger partial charge in [0.05, 0.1) is 5.69 Å². The van der Waals surface area contributed by atoms with E-state index in [4.69, 9.17) is 0 Å². The zero-order chi connectivity index (χ0) is 16.6. The maximum atomic E-state index is 4.67. The first kappa shape index (κ1) is 14.8. The molecule has 3 aromatic heterocycles. The summed E-state index contributed by atoms with van der Waals surface area (Å²) in [6.45, 7) is 0. The van der Waals surface area contributed by atoms with Crippen molar-refractivity contribution in [3.05, 3.63) is 45.2 Å². The molecule has 1 aliphatic rings. The number of aromatic amines is 1. The summed E-state index contributed by atoms with van der Waals surface area (Å²) < 4.78 is 1.19. The van der Waals surface area contributed by atoms with Crippen molar-refractivity contribution in [2.75, 3.05) is 0 Å². The standard InChI is InChI=1S/C18H13N5S2/c1-2-12(3-1)15-10-25-17(19-15)7-5-11-4-6-16-13(8-11)14(9-24-16)18-20-22-23-21-18/h4,6,8-10,12H,1-3H2,(H,20,21,22,23). The van der Waals surface area contributed by atoms with E-state index >= 15 is 0 Å². The molecule has 3 heterocycles. The molecular weight excluding hydrogens is 350 g/mol. The number of nitrogens with zero attached hydrogens (tertiary/aromatic N) is 4. The van der Waals surface area contributed by atoms with Crippen LogP contribution in [-0.2, 0) is 0 Å². The van der Waals surface area contributed by atoms with Crippen LogP contribution in [0.5, 0.6) is 0 Å². The Kier molecular flexibility index (Phi) is 3.58. The molecule has 1 aliphatic carbocycles. The summed E-state index contributed by atoms with van der Waals surface area (Å²) in [5, 5.41) is 20.5. The number of H-pyrrole nitrogens is 1. The lowest BCUT2D eigenvalue weighted by Gasteiger charge is -2.22. The molecular formula is C18H13N5S2. The SMILES string of the molecule is C(#Cc1nc(C2CCC2)cs1)c1ccc2scc(-c3nn[nH]n3)c2c1. The van der Waals surface area contributed by atoms with Gasteiger partial charge in [-0.05, 0) is 42.2 Å². The molecule has 5 nitrogen and oxygen atoms in total. The quantitative estimate of drug-likeness (QED) is 0.542. The van der Waals surface area contributed by atoms with Gasteiger partial charge < -0.3 is 0 Å². The molecule has 0 bridgehead atoms. The smallest absolute Gasteiger partial charge is 0.206 e. The average Bonchev–Trinajstić information content (AvgIpc) is 3.31. The molecule has 1 N–H and O–H groups in total. The Morgan fingerprint density at radius 2 is 2.08 bits per heavy atom. The molecule has 7 heteroatoms. The molecule has 0 aliphatic heterocycles. The normalized spacial score (nSPS) is 14.2. The van der Waals surface area contributed by atoms with E-state index in [1.165, 1.54) is 29.7 Å². The van der Waals surface area contributed by atoms with Crippen molar-refractivity contribution in [3.8, 4) is 23.2 Å². The van der Waals surface area contributed by atoms with Crippen LogP contribution in [0.25, 0.3) is 21.5 Å². The minimum atomic E-state index is 0.612. The maximum absolute atomic E-state index is 4.67. The minimum absolute atomic E-state index is 0.612. The van der Waals surface area contributed by atoms with E-state index < -0.39 is 0 Å². The second-order valence-corrected chi connectivity index (χ2v) is 7.82. The molecule has 25 heavy (non-hydrogen) atoms. The number of rotatable bonds is 2. The first-order valence-electron chi connectivity index (χ1n) is 8.09. The Balaban J connectivity index is 1.47. The van der Waals surface area contributed by atoms with Crippen molar-refractivity contribution in [2.24, 2.45) is 0 Å². The summed E-state index contributed by atoms with van der Waals surface area (Å²) in [4.78, 5) is 4.67. The van der Waals surface area contributed by atoms with Gasteiger partial charge in [0.1, 0.15) is 0 Å². The molecule has 0 unspecified atom stereocenters. The van der Waals surface area contributed by atoms with Crippen LogP contribution < -0.4 is 0 Å². The Morgan fingerprint density at radius 3 is 2.88 bits per heavy atom. The summed E-state index contributed by atoms with van der Waals surface area (Å²) in [7, 11) is 0. The number of fused-ring (bicyclic) bond motifs is 1. The van der Waals surface area contributed by atoms with Gasteiger partial charge in [-0.2, -0.15) is 5.21 Å². The molecule has 1 saturated carbocycles. The van der Waals surface area contributed by atoms with Crippen LogP contribution in [0.4, 0.5) is 0 Å². The fourth-order valence-electron chi connectivity index (χ4n) is 2.92. The van der Waals surface area contributed by atoms with Crippen LogP contribution >= 0.6 is 22.7 Å². The predicted octanol–water partition coefficient (Wildman–Crippen LogP) is 4.21. The van der Waals surface area contributed by atoms with Crippen molar-refractivity contribution in [1.82, 2.24) is 25.6 Å². The highest BCUT2D eigenvalue weighted by molar-refractivity contribution is 7.17. The molecule has 0 amide bonds. The number of tetrazole rings is 1. The van der Waals surface area contributed by atoms with E-state index in [1.807, 2.05) is 6.07 Å². The lowest BCUT2D eigenvalue weighted by atomic mass is 9.83. The number of thiophene rings is 1. The third-order valence-corrected chi connectivity index (χ3v) is 6.26. The third kappa shape index (κ3) is 2.73. The third-order valence-electron chi connectivity index (χ3n) is 4.52. The molecule has 122 valence electrons. The van der Waals surface area contributed by atoms with E-state index in [2.05, 4.69) is 60.3 Å². The monoisotopic (exact) mass is 363 g/mol. The topological polar surface area (TPSA) is 67.3 Å². The number of hydrogen-bond donors (Lipinski definition) is 1.